The molecule has 1 aliphatic rings. The Morgan fingerprint density at radius 2 is 2.05 bits per heavy atom. The molecular formula is C13H16ClNO3S. The van der Waals surface area contributed by atoms with Crippen molar-refractivity contribution in [2.24, 2.45) is 0 Å². The highest BCUT2D eigenvalue weighted by atomic mass is 35.5. The smallest absolute Gasteiger partial charge is 0.341 e. The molecule has 104 valence electrons. The third kappa shape index (κ3) is 2.92. The van der Waals surface area contributed by atoms with Crippen molar-refractivity contribution in [2.75, 3.05) is 12.4 Å². The third-order valence-corrected chi connectivity index (χ3v) is 4.56. The van der Waals surface area contributed by atoms with Gasteiger partial charge in [0.15, 0.2) is 0 Å². The molecule has 0 saturated carbocycles. The number of nitrogens with one attached hydrogen (secondary N) is 1. The minimum absolute atomic E-state index is 0.301. The van der Waals surface area contributed by atoms with Crippen molar-refractivity contribution in [1.82, 2.24) is 0 Å². The second-order valence-electron chi connectivity index (χ2n) is 4.51. The van der Waals surface area contributed by atoms with E-state index in [0.717, 1.165) is 31.2 Å². The van der Waals surface area contributed by atoms with E-state index in [1.807, 2.05) is 0 Å². The van der Waals surface area contributed by atoms with Gasteiger partial charge < -0.3 is 10.1 Å². The first-order valence-corrected chi connectivity index (χ1v) is 7.47. The van der Waals surface area contributed by atoms with Gasteiger partial charge in [-0.05, 0) is 38.2 Å². The molecule has 0 aromatic carbocycles. The summed E-state index contributed by atoms with van der Waals surface area (Å²) in [5.41, 5.74) is 1.54. The number of hydrogen-bond acceptors (Lipinski definition) is 4. The fourth-order valence-electron chi connectivity index (χ4n) is 2.18. The van der Waals surface area contributed by atoms with Gasteiger partial charge in [-0.25, -0.2) is 4.79 Å². The van der Waals surface area contributed by atoms with Gasteiger partial charge in [0, 0.05) is 4.88 Å². The van der Waals surface area contributed by atoms with Crippen molar-refractivity contribution in [3.8, 4) is 0 Å². The summed E-state index contributed by atoms with van der Waals surface area (Å²) in [4.78, 5) is 24.8. The predicted molar refractivity (Wildman–Crippen MR) is 76.2 cm³/mol. The zero-order valence-electron chi connectivity index (χ0n) is 10.9. The van der Waals surface area contributed by atoms with Crippen LogP contribution in [0.4, 0.5) is 5.00 Å². The number of fused-ring (bicyclic) bond motifs is 1. The monoisotopic (exact) mass is 301 g/mol. The van der Waals surface area contributed by atoms with Crippen LogP contribution in [0, 0.1) is 0 Å². The van der Waals surface area contributed by atoms with Gasteiger partial charge in [-0.1, -0.05) is 0 Å². The Balaban J connectivity index is 2.39. The first-order chi connectivity index (χ1) is 9.04. The highest BCUT2D eigenvalue weighted by Gasteiger charge is 2.27. The number of rotatable bonds is 3. The molecule has 1 N–H and O–H groups in total. The number of carbonyl (C=O) groups is 2. The fraction of sp³-hybridized carbons (Fsp3) is 0.538. The van der Waals surface area contributed by atoms with E-state index >= 15 is 0 Å². The van der Waals surface area contributed by atoms with Crippen LogP contribution in [0.2, 0.25) is 0 Å². The van der Waals surface area contributed by atoms with Gasteiger partial charge in [-0.15, -0.1) is 22.9 Å². The number of anilines is 1. The molecule has 6 heteroatoms. The van der Waals surface area contributed by atoms with Crippen molar-refractivity contribution < 1.29 is 14.3 Å². The van der Waals surface area contributed by atoms with E-state index in [2.05, 4.69) is 5.32 Å². The molecule has 0 bridgehead atoms. The standard InChI is InChI=1S/C13H16ClNO3S/c1-7(14)11(16)15-12-10(13(17)18-2)8-5-3-4-6-9(8)19-12/h7H,3-6H2,1-2H3,(H,15,16)/t7-/m0/s1. The van der Waals surface area contributed by atoms with Crippen LogP contribution in [0.15, 0.2) is 0 Å². The van der Waals surface area contributed by atoms with Gasteiger partial charge in [-0.3, -0.25) is 4.79 Å². The summed E-state index contributed by atoms with van der Waals surface area (Å²) in [6.07, 6.45) is 4.00. The van der Waals surface area contributed by atoms with E-state index in [-0.39, 0.29) is 5.91 Å². The van der Waals surface area contributed by atoms with E-state index in [4.69, 9.17) is 16.3 Å². The van der Waals surface area contributed by atoms with E-state index < -0.39 is 11.3 Å². The number of aryl methyl sites for hydroxylation is 1. The van der Waals surface area contributed by atoms with Gasteiger partial charge in [0.1, 0.15) is 10.4 Å². The summed E-state index contributed by atoms with van der Waals surface area (Å²) in [6.45, 7) is 1.60. The van der Waals surface area contributed by atoms with E-state index in [1.165, 1.54) is 23.3 Å². The molecule has 1 atom stereocenters. The third-order valence-electron chi connectivity index (χ3n) is 3.16. The van der Waals surface area contributed by atoms with Crippen molar-refractivity contribution >= 4 is 39.8 Å². The lowest BCUT2D eigenvalue weighted by Gasteiger charge is -2.11. The van der Waals surface area contributed by atoms with Crippen molar-refractivity contribution in [2.45, 2.75) is 38.0 Å². The number of hydrogen-bond donors (Lipinski definition) is 1. The van der Waals surface area contributed by atoms with Crippen LogP contribution in [-0.4, -0.2) is 24.4 Å². The molecule has 0 saturated heterocycles. The molecule has 2 rings (SSSR count). The molecule has 1 aromatic rings. The lowest BCUT2D eigenvalue weighted by atomic mass is 9.95. The summed E-state index contributed by atoms with van der Waals surface area (Å²) >= 11 is 7.21. The fourth-order valence-corrected chi connectivity index (χ4v) is 3.52. The first-order valence-electron chi connectivity index (χ1n) is 6.22. The number of esters is 1. The molecular weight excluding hydrogens is 286 g/mol. The Kier molecular flexibility index (Phi) is 4.47. The molecule has 1 heterocycles. The number of amides is 1. The van der Waals surface area contributed by atoms with Crippen molar-refractivity contribution in [3.63, 3.8) is 0 Å². The number of carbonyl (C=O) groups excluding carboxylic acids is 2. The van der Waals surface area contributed by atoms with Gasteiger partial charge in [-0.2, -0.15) is 0 Å². The summed E-state index contributed by atoms with van der Waals surface area (Å²) < 4.78 is 4.83. The lowest BCUT2D eigenvalue weighted by molar-refractivity contribution is -0.115. The molecule has 0 spiro atoms. The molecule has 1 aromatic heterocycles. The van der Waals surface area contributed by atoms with Crippen LogP contribution in [0.3, 0.4) is 0 Å². The Morgan fingerprint density at radius 3 is 2.68 bits per heavy atom. The maximum atomic E-state index is 11.9. The maximum absolute atomic E-state index is 11.9. The summed E-state index contributed by atoms with van der Waals surface area (Å²) in [7, 11) is 1.35. The molecule has 0 unspecified atom stereocenters. The Bertz CT molecular complexity index is 510. The van der Waals surface area contributed by atoms with Crippen LogP contribution < -0.4 is 5.32 Å². The number of thiophene rings is 1. The quantitative estimate of drug-likeness (QED) is 0.690. The topological polar surface area (TPSA) is 55.4 Å². The summed E-state index contributed by atoms with van der Waals surface area (Å²) in [6, 6.07) is 0. The second-order valence-corrected chi connectivity index (χ2v) is 6.27. The van der Waals surface area contributed by atoms with E-state index in [0.29, 0.717) is 10.6 Å². The zero-order valence-corrected chi connectivity index (χ0v) is 12.5. The van der Waals surface area contributed by atoms with Gasteiger partial charge in [0.2, 0.25) is 5.91 Å². The molecule has 19 heavy (non-hydrogen) atoms. The van der Waals surface area contributed by atoms with Crippen LogP contribution in [0.5, 0.6) is 0 Å². The van der Waals surface area contributed by atoms with Crippen LogP contribution >= 0.6 is 22.9 Å². The van der Waals surface area contributed by atoms with Crippen LogP contribution in [0.25, 0.3) is 0 Å². The summed E-state index contributed by atoms with van der Waals surface area (Å²) in [5.74, 6) is -0.692. The highest BCUT2D eigenvalue weighted by molar-refractivity contribution is 7.17. The number of ether oxygens (including phenoxy) is 1. The molecule has 0 fully saturated rings. The average Bonchev–Trinajstić information content (AvgIpc) is 2.75. The van der Waals surface area contributed by atoms with Crippen LogP contribution in [-0.2, 0) is 22.4 Å². The minimum Gasteiger partial charge on any atom is -0.465 e. The summed E-state index contributed by atoms with van der Waals surface area (Å²) in [5, 5.41) is 2.66. The Labute approximate surface area is 121 Å². The number of halogens is 1. The van der Waals surface area contributed by atoms with Gasteiger partial charge >= 0.3 is 5.97 Å². The second kappa shape index (κ2) is 5.92. The van der Waals surface area contributed by atoms with Crippen molar-refractivity contribution in [1.29, 1.82) is 0 Å². The first kappa shape index (κ1) is 14.3. The SMILES string of the molecule is COC(=O)c1c(NC(=O)[C@H](C)Cl)sc2c1CCCC2. The lowest BCUT2D eigenvalue weighted by Crippen LogP contribution is -2.21. The van der Waals surface area contributed by atoms with Gasteiger partial charge in [0.05, 0.1) is 12.7 Å². The maximum Gasteiger partial charge on any atom is 0.341 e. The molecule has 1 amide bonds. The molecule has 1 aliphatic carbocycles. The van der Waals surface area contributed by atoms with Crippen LogP contribution in [0.1, 0.15) is 40.6 Å². The normalized spacial score (nSPS) is 15.5. The highest BCUT2D eigenvalue weighted by Crippen LogP contribution is 2.38. The van der Waals surface area contributed by atoms with Gasteiger partial charge in [0.25, 0.3) is 0 Å². The van der Waals surface area contributed by atoms with E-state index in [1.54, 1.807) is 6.92 Å². The van der Waals surface area contributed by atoms with Crippen molar-refractivity contribution in [3.05, 3.63) is 16.0 Å². The predicted octanol–water partition coefficient (Wildman–Crippen LogP) is 2.98. The van der Waals surface area contributed by atoms with E-state index in [9.17, 15) is 9.59 Å². The Morgan fingerprint density at radius 1 is 1.37 bits per heavy atom. The average molecular weight is 302 g/mol. The minimum atomic E-state index is -0.635. The largest absolute Gasteiger partial charge is 0.465 e. The number of methoxy groups -OCH3 is 1. The molecule has 0 radical (unpaired) electrons. The molecule has 0 aliphatic heterocycles. The Hall–Kier alpha value is -1.07. The number of alkyl halides is 1. The zero-order chi connectivity index (χ0) is 14.0. The molecule has 4 nitrogen and oxygen atoms in total.